The summed E-state index contributed by atoms with van der Waals surface area (Å²) < 4.78 is 9.04. The SMILES string of the molecule is C[Si](C)(C)CCOCn1ccc2nc(-c3cccc(I)c3)cnc21. The summed E-state index contributed by atoms with van der Waals surface area (Å²) in [5.41, 5.74) is 3.77. The van der Waals surface area contributed by atoms with Crippen LogP contribution in [0.2, 0.25) is 25.7 Å². The Labute approximate surface area is 157 Å². The molecule has 4 nitrogen and oxygen atoms in total. The van der Waals surface area contributed by atoms with E-state index in [9.17, 15) is 0 Å². The van der Waals surface area contributed by atoms with Gasteiger partial charge in [0.05, 0.1) is 11.9 Å². The summed E-state index contributed by atoms with van der Waals surface area (Å²) in [4.78, 5) is 9.34. The van der Waals surface area contributed by atoms with E-state index >= 15 is 0 Å². The third kappa shape index (κ3) is 4.43. The molecule has 3 aromatic rings. The van der Waals surface area contributed by atoms with E-state index in [1.54, 1.807) is 0 Å². The van der Waals surface area contributed by atoms with E-state index in [1.807, 2.05) is 29.1 Å². The molecule has 0 aliphatic carbocycles. The Balaban J connectivity index is 1.74. The average Bonchev–Trinajstić information content (AvgIpc) is 2.93. The minimum Gasteiger partial charge on any atom is -0.361 e. The number of hydrogen-bond acceptors (Lipinski definition) is 3. The largest absolute Gasteiger partial charge is 0.361 e. The van der Waals surface area contributed by atoms with Crippen molar-refractivity contribution < 1.29 is 4.74 Å². The van der Waals surface area contributed by atoms with Gasteiger partial charge in [0.25, 0.3) is 0 Å². The maximum absolute atomic E-state index is 5.82. The van der Waals surface area contributed by atoms with Gasteiger partial charge in [-0.15, -0.1) is 0 Å². The van der Waals surface area contributed by atoms with Crippen molar-refractivity contribution in [3.8, 4) is 11.3 Å². The van der Waals surface area contributed by atoms with Gasteiger partial charge in [-0.05, 0) is 46.8 Å². The van der Waals surface area contributed by atoms with Gasteiger partial charge in [0, 0.05) is 30.0 Å². The smallest absolute Gasteiger partial charge is 0.160 e. The molecule has 0 atom stereocenters. The van der Waals surface area contributed by atoms with E-state index in [0.29, 0.717) is 6.73 Å². The van der Waals surface area contributed by atoms with E-state index in [2.05, 4.69) is 65.4 Å². The Hall–Kier alpha value is -1.25. The summed E-state index contributed by atoms with van der Waals surface area (Å²) in [6.07, 6.45) is 3.84. The van der Waals surface area contributed by atoms with Crippen LogP contribution >= 0.6 is 22.6 Å². The van der Waals surface area contributed by atoms with Crippen molar-refractivity contribution in [3.63, 3.8) is 0 Å². The van der Waals surface area contributed by atoms with Gasteiger partial charge in [-0.25, -0.2) is 9.97 Å². The first-order chi connectivity index (χ1) is 11.4. The first-order valence-corrected chi connectivity index (χ1v) is 12.9. The van der Waals surface area contributed by atoms with Gasteiger partial charge in [0.1, 0.15) is 12.2 Å². The number of rotatable bonds is 6. The van der Waals surface area contributed by atoms with Crippen LogP contribution in [-0.2, 0) is 11.5 Å². The number of benzene rings is 1. The van der Waals surface area contributed by atoms with Gasteiger partial charge in [0.15, 0.2) is 5.65 Å². The highest BCUT2D eigenvalue weighted by atomic mass is 127. The highest BCUT2D eigenvalue weighted by Gasteiger charge is 2.12. The molecule has 1 aromatic carbocycles. The third-order valence-corrected chi connectivity index (χ3v) is 6.19. The van der Waals surface area contributed by atoms with Crippen LogP contribution in [0.1, 0.15) is 0 Å². The highest BCUT2D eigenvalue weighted by molar-refractivity contribution is 14.1. The Morgan fingerprint density at radius 1 is 1.21 bits per heavy atom. The van der Waals surface area contributed by atoms with Crippen LogP contribution in [-0.4, -0.2) is 29.2 Å². The predicted octanol–water partition coefficient (Wildman–Crippen LogP) is 5.02. The average molecular weight is 451 g/mol. The molecule has 126 valence electrons. The fourth-order valence-corrected chi connectivity index (χ4v) is 3.69. The second-order valence-corrected chi connectivity index (χ2v) is 14.0. The minimum absolute atomic E-state index is 0.533. The second-order valence-electron chi connectivity index (χ2n) is 7.11. The second kappa shape index (κ2) is 7.33. The Morgan fingerprint density at radius 3 is 2.79 bits per heavy atom. The van der Waals surface area contributed by atoms with Crippen LogP contribution in [0.4, 0.5) is 0 Å². The molecule has 0 aliphatic rings. The lowest BCUT2D eigenvalue weighted by molar-refractivity contribution is 0.0899. The molecule has 0 amide bonds. The van der Waals surface area contributed by atoms with Crippen molar-refractivity contribution in [2.45, 2.75) is 32.4 Å². The standard InChI is InChI=1S/C18H22IN3OSi/c1-24(2,3)10-9-23-13-22-8-7-16-18(22)20-12-17(21-16)14-5-4-6-15(19)11-14/h4-8,11-12H,9-10,13H2,1-3H3. The van der Waals surface area contributed by atoms with Crippen molar-refractivity contribution in [2.75, 3.05) is 6.61 Å². The summed E-state index contributed by atoms with van der Waals surface area (Å²) in [7, 11) is -1.05. The van der Waals surface area contributed by atoms with E-state index in [-0.39, 0.29) is 0 Å². The molecule has 0 saturated heterocycles. The van der Waals surface area contributed by atoms with Crippen LogP contribution < -0.4 is 0 Å². The normalized spacial score (nSPS) is 12.0. The fraction of sp³-hybridized carbons (Fsp3) is 0.333. The predicted molar refractivity (Wildman–Crippen MR) is 110 cm³/mol. The van der Waals surface area contributed by atoms with Crippen molar-refractivity contribution in [2.24, 2.45) is 0 Å². The van der Waals surface area contributed by atoms with Gasteiger partial charge in [-0.2, -0.15) is 0 Å². The summed E-state index contributed by atoms with van der Waals surface area (Å²) >= 11 is 2.31. The van der Waals surface area contributed by atoms with Crippen LogP contribution in [0, 0.1) is 3.57 Å². The van der Waals surface area contributed by atoms with Crippen molar-refractivity contribution in [1.29, 1.82) is 0 Å². The molecule has 24 heavy (non-hydrogen) atoms. The molecule has 0 aliphatic heterocycles. The van der Waals surface area contributed by atoms with Crippen LogP contribution in [0.15, 0.2) is 42.7 Å². The van der Waals surface area contributed by atoms with Crippen LogP contribution in [0.5, 0.6) is 0 Å². The zero-order valence-corrected chi connectivity index (χ0v) is 17.4. The van der Waals surface area contributed by atoms with Crippen molar-refractivity contribution in [3.05, 3.63) is 46.3 Å². The molecule has 2 aromatic heterocycles. The lowest BCUT2D eigenvalue weighted by Crippen LogP contribution is -2.22. The van der Waals surface area contributed by atoms with Gasteiger partial charge in [0.2, 0.25) is 0 Å². The molecule has 0 saturated carbocycles. The monoisotopic (exact) mass is 451 g/mol. The number of aromatic nitrogens is 3. The number of nitrogens with zero attached hydrogens (tertiary/aromatic N) is 3. The van der Waals surface area contributed by atoms with E-state index in [1.165, 1.54) is 9.61 Å². The topological polar surface area (TPSA) is 39.9 Å². The van der Waals surface area contributed by atoms with Crippen LogP contribution in [0.3, 0.4) is 0 Å². The first-order valence-electron chi connectivity index (χ1n) is 8.08. The molecule has 0 spiro atoms. The lowest BCUT2D eigenvalue weighted by Gasteiger charge is -2.15. The summed E-state index contributed by atoms with van der Waals surface area (Å²) in [6.45, 7) is 8.42. The van der Waals surface area contributed by atoms with Gasteiger partial charge >= 0.3 is 0 Å². The molecule has 0 unspecified atom stereocenters. The molecule has 6 heteroatoms. The molecule has 0 N–H and O–H groups in total. The highest BCUT2D eigenvalue weighted by Crippen LogP contribution is 2.21. The Kier molecular flexibility index (Phi) is 5.36. The lowest BCUT2D eigenvalue weighted by atomic mass is 10.2. The number of ether oxygens (including phenoxy) is 1. The quantitative estimate of drug-likeness (QED) is 0.300. The molecule has 3 rings (SSSR count). The summed E-state index contributed by atoms with van der Waals surface area (Å²) in [5.74, 6) is 0. The number of fused-ring (bicyclic) bond motifs is 1. The summed E-state index contributed by atoms with van der Waals surface area (Å²) in [6, 6.07) is 11.5. The van der Waals surface area contributed by atoms with E-state index in [0.717, 1.165) is 29.0 Å². The van der Waals surface area contributed by atoms with E-state index < -0.39 is 8.07 Å². The number of halogens is 1. The maximum atomic E-state index is 5.82. The Morgan fingerprint density at radius 2 is 2.04 bits per heavy atom. The van der Waals surface area contributed by atoms with Gasteiger partial charge < -0.3 is 9.30 Å². The molecule has 2 heterocycles. The fourth-order valence-electron chi connectivity index (χ4n) is 2.39. The molecule has 0 radical (unpaired) electrons. The third-order valence-electron chi connectivity index (χ3n) is 3.81. The van der Waals surface area contributed by atoms with Crippen LogP contribution in [0.25, 0.3) is 22.4 Å². The van der Waals surface area contributed by atoms with Gasteiger partial charge in [-0.1, -0.05) is 31.8 Å². The van der Waals surface area contributed by atoms with Crippen molar-refractivity contribution >= 4 is 41.8 Å². The molecular weight excluding hydrogens is 429 g/mol. The van der Waals surface area contributed by atoms with Gasteiger partial charge in [-0.3, -0.25) is 0 Å². The number of hydrogen-bond donors (Lipinski definition) is 0. The zero-order valence-electron chi connectivity index (χ0n) is 14.3. The first kappa shape index (κ1) is 17.6. The van der Waals surface area contributed by atoms with Crippen molar-refractivity contribution in [1.82, 2.24) is 14.5 Å². The Bertz CT molecular complexity index is 842. The maximum Gasteiger partial charge on any atom is 0.160 e. The van der Waals surface area contributed by atoms with E-state index in [4.69, 9.17) is 9.72 Å². The minimum atomic E-state index is -1.05. The molecule has 0 fully saturated rings. The summed E-state index contributed by atoms with van der Waals surface area (Å²) in [5, 5.41) is 0. The molecule has 0 bridgehead atoms. The molecular formula is C18H22IN3OSi. The zero-order chi connectivity index (χ0) is 17.2.